The van der Waals surface area contributed by atoms with E-state index in [-0.39, 0.29) is 11.5 Å². The van der Waals surface area contributed by atoms with Crippen molar-refractivity contribution in [1.82, 2.24) is 9.55 Å². The first-order valence-corrected chi connectivity index (χ1v) is 10.7. The van der Waals surface area contributed by atoms with E-state index in [9.17, 15) is 18.8 Å². The Kier molecular flexibility index (Phi) is 4.98. The second kappa shape index (κ2) is 6.38. The standard InChI is InChI=1S/C15H23FN2O5Si/c1-15(2,3)24(4,5)23-10-6-12(22-11(10)8-19)18-7-9(16)13(20)17-14(18)21/h7-8,10-12H,6H2,1-5H3,(H,17,20,21)/t10?,11-,12-/m1/s1. The number of carbonyl (C=O) groups is 1. The molecular formula is C15H23FN2O5Si. The van der Waals surface area contributed by atoms with E-state index in [1.165, 1.54) is 0 Å². The number of halogens is 1. The number of nitrogens with one attached hydrogen (secondary N) is 1. The van der Waals surface area contributed by atoms with Gasteiger partial charge in [0.05, 0.1) is 12.3 Å². The first-order chi connectivity index (χ1) is 11.0. The Hall–Kier alpha value is -1.58. The van der Waals surface area contributed by atoms with Gasteiger partial charge in [-0.3, -0.25) is 14.3 Å². The van der Waals surface area contributed by atoms with Crippen LogP contribution >= 0.6 is 0 Å². The van der Waals surface area contributed by atoms with E-state index < -0.39 is 43.8 Å². The molecule has 0 aromatic carbocycles. The molecule has 1 aromatic heterocycles. The van der Waals surface area contributed by atoms with Crippen LogP contribution in [0.15, 0.2) is 15.8 Å². The van der Waals surface area contributed by atoms with Crippen LogP contribution in [-0.4, -0.2) is 36.4 Å². The van der Waals surface area contributed by atoms with Gasteiger partial charge in [0.1, 0.15) is 12.3 Å². The Morgan fingerprint density at radius 3 is 2.58 bits per heavy atom. The maximum Gasteiger partial charge on any atom is 0.330 e. The Morgan fingerprint density at radius 2 is 2.04 bits per heavy atom. The second-order valence-electron chi connectivity index (χ2n) is 7.49. The number of nitrogens with zero attached hydrogens (tertiary/aromatic N) is 1. The Labute approximate surface area is 139 Å². The predicted molar refractivity (Wildman–Crippen MR) is 87.9 cm³/mol. The zero-order valence-electron chi connectivity index (χ0n) is 14.5. The third-order valence-electron chi connectivity index (χ3n) is 4.74. The summed E-state index contributed by atoms with van der Waals surface area (Å²) >= 11 is 0. The fraction of sp³-hybridized carbons (Fsp3) is 0.667. The van der Waals surface area contributed by atoms with Crippen molar-refractivity contribution in [3.8, 4) is 0 Å². The molecule has 1 unspecified atom stereocenters. The molecule has 1 aromatic rings. The second-order valence-corrected chi connectivity index (χ2v) is 12.2. The minimum Gasteiger partial charge on any atom is -0.411 e. The van der Waals surface area contributed by atoms with Crippen LogP contribution in [0.25, 0.3) is 0 Å². The summed E-state index contributed by atoms with van der Waals surface area (Å²) in [5, 5.41) is -0.0561. The summed E-state index contributed by atoms with van der Waals surface area (Å²) in [6.45, 7) is 10.3. The van der Waals surface area contributed by atoms with Crippen molar-refractivity contribution in [2.75, 3.05) is 0 Å². The van der Waals surface area contributed by atoms with Crippen molar-refractivity contribution in [2.24, 2.45) is 0 Å². The number of ether oxygens (including phenoxy) is 1. The van der Waals surface area contributed by atoms with Gasteiger partial charge in [-0.2, -0.15) is 4.39 Å². The summed E-state index contributed by atoms with van der Waals surface area (Å²) in [6.07, 6.45) is -0.579. The molecule has 24 heavy (non-hydrogen) atoms. The van der Waals surface area contributed by atoms with E-state index in [4.69, 9.17) is 9.16 Å². The lowest BCUT2D eigenvalue weighted by molar-refractivity contribution is -0.122. The number of hydrogen-bond acceptors (Lipinski definition) is 5. The molecule has 1 aliphatic rings. The molecule has 0 bridgehead atoms. The number of aromatic amines is 1. The summed E-state index contributed by atoms with van der Waals surface area (Å²) in [5.41, 5.74) is -1.88. The number of aromatic nitrogens is 2. The molecule has 1 saturated heterocycles. The number of aldehydes is 1. The molecule has 2 rings (SSSR count). The van der Waals surface area contributed by atoms with Crippen LogP contribution in [-0.2, 0) is 14.0 Å². The zero-order chi connectivity index (χ0) is 18.3. The molecule has 1 N–H and O–H groups in total. The van der Waals surface area contributed by atoms with Gasteiger partial charge in [-0.15, -0.1) is 0 Å². The van der Waals surface area contributed by atoms with Gasteiger partial charge in [0, 0.05) is 6.42 Å². The highest BCUT2D eigenvalue weighted by Crippen LogP contribution is 2.40. The number of H-pyrrole nitrogens is 1. The summed E-state index contributed by atoms with van der Waals surface area (Å²) < 4.78 is 26.2. The molecule has 3 atom stereocenters. The first-order valence-electron chi connectivity index (χ1n) is 7.76. The lowest BCUT2D eigenvalue weighted by Crippen LogP contribution is -2.46. The third kappa shape index (κ3) is 3.57. The van der Waals surface area contributed by atoms with Gasteiger partial charge in [-0.05, 0) is 18.1 Å². The maximum atomic E-state index is 13.5. The van der Waals surface area contributed by atoms with Crippen molar-refractivity contribution in [3.05, 3.63) is 32.9 Å². The van der Waals surface area contributed by atoms with Crippen molar-refractivity contribution in [2.45, 2.75) is 63.8 Å². The molecule has 0 amide bonds. The van der Waals surface area contributed by atoms with Gasteiger partial charge in [-0.1, -0.05) is 20.8 Å². The molecule has 0 aliphatic carbocycles. The van der Waals surface area contributed by atoms with Crippen LogP contribution in [0.1, 0.15) is 33.4 Å². The van der Waals surface area contributed by atoms with E-state index in [1.54, 1.807) is 0 Å². The molecule has 2 heterocycles. The van der Waals surface area contributed by atoms with Gasteiger partial charge in [0.25, 0.3) is 5.56 Å². The van der Waals surface area contributed by atoms with Crippen LogP contribution < -0.4 is 11.2 Å². The van der Waals surface area contributed by atoms with Crippen molar-refractivity contribution >= 4 is 14.6 Å². The van der Waals surface area contributed by atoms with E-state index in [0.29, 0.717) is 6.29 Å². The number of hydrogen-bond donors (Lipinski definition) is 1. The average Bonchev–Trinajstić information content (AvgIpc) is 2.83. The van der Waals surface area contributed by atoms with Crippen LogP contribution in [0, 0.1) is 5.82 Å². The average molecular weight is 358 g/mol. The molecule has 0 spiro atoms. The number of carbonyl (C=O) groups excluding carboxylic acids is 1. The van der Waals surface area contributed by atoms with Gasteiger partial charge < -0.3 is 14.0 Å². The number of rotatable bonds is 4. The predicted octanol–water partition coefficient (Wildman–Crippen LogP) is 1.55. The van der Waals surface area contributed by atoms with E-state index in [0.717, 1.165) is 10.8 Å². The lowest BCUT2D eigenvalue weighted by Gasteiger charge is -2.38. The fourth-order valence-electron chi connectivity index (χ4n) is 2.30. The molecule has 1 fully saturated rings. The first kappa shape index (κ1) is 18.8. The Balaban J connectivity index is 2.27. The largest absolute Gasteiger partial charge is 0.411 e. The maximum absolute atomic E-state index is 13.5. The van der Waals surface area contributed by atoms with Crippen molar-refractivity contribution in [1.29, 1.82) is 0 Å². The summed E-state index contributed by atoms with van der Waals surface area (Å²) in [4.78, 5) is 36.2. The molecule has 0 saturated carbocycles. The van der Waals surface area contributed by atoms with E-state index in [1.807, 2.05) is 18.1 Å². The topological polar surface area (TPSA) is 90.4 Å². The molecular weight excluding hydrogens is 335 g/mol. The third-order valence-corrected chi connectivity index (χ3v) is 9.24. The highest BCUT2D eigenvalue weighted by molar-refractivity contribution is 6.74. The van der Waals surface area contributed by atoms with Crippen LogP contribution in [0.2, 0.25) is 18.1 Å². The molecule has 7 nitrogen and oxygen atoms in total. The lowest BCUT2D eigenvalue weighted by atomic mass is 10.2. The molecule has 1 aliphatic heterocycles. The van der Waals surface area contributed by atoms with Crippen LogP contribution in [0.3, 0.4) is 0 Å². The Morgan fingerprint density at radius 1 is 1.42 bits per heavy atom. The quantitative estimate of drug-likeness (QED) is 0.651. The smallest absolute Gasteiger partial charge is 0.330 e. The summed E-state index contributed by atoms with van der Waals surface area (Å²) in [7, 11) is -2.15. The monoisotopic (exact) mass is 358 g/mol. The van der Waals surface area contributed by atoms with E-state index in [2.05, 4.69) is 20.8 Å². The van der Waals surface area contributed by atoms with Gasteiger partial charge in [-0.25, -0.2) is 4.79 Å². The Bertz CT molecular complexity index is 737. The SMILES string of the molecule is CC(C)(C)[Si](C)(C)OC1C[C@H](n2cc(F)c(=O)[nH]c2=O)O[C@@H]1C=O. The molecule has 0 radical (unpaired) electrons. The molecule has 9 heteroatoms. The van der Waals surface area contributed by atoms with Gasteiger partial charge >= 0.3 is 5.69 Å². The van der Waals surface area contributed by atoms with E-state index >= 15 is 0 Å². The van der Waals surface area contributed by atoms with Crippen molar-refractivity contribution < 1.29 is 18.3 Å². The zero-order valence-corrected chi connectivity index (χ0v) is 15.5. The molecule has 134 valence electrons. The minimum absolute atomic E-state index is 0.0561. The highest BCUT2D eigenvalue weighted by Gasteiger charge is 2.45. The normalized spacial score (nSPS) is 25.0. The van der Waals surface area contributed by atoms with Crippen LogP contribution in [0.5, 0.6) is 0 Å². The van der Waals surface area contributed by atoms with Gasteiger partial charge in [0.2, 0.25) is 5.82 Å². The summed E-state index contributed by atoms with van der Waals surface area (Å²) in [6, 6.07) is 0. The van der Waals surface area contributed by atoms with Gasteiger partial charge in [0.15, 0.2) is 14.6 Å². The van der Waals surface area contributed by atoms with Crippen LogP contribution in [0.4, 0.5) is 4.39 Å². The summed E-state index contributed by atoms with van der Waals surface area (Å²) in [5.74, 6) is -1.09. The van der Waals surface area contributed by atoms with Crippen molar-refractivity contribution in [3.63, 3.8) is 0 Å². The highest BCUT2D eigenvalue weighted by atomic mass is 28.4. The minimum atomic E-state index is -2.15. The fourth-order valence-corrected chi connectivity index (χ4v) is 3.64.